The Labute approximate surface area is 163 Å². The molecule has 0 saturated carbocycles. The number of likely N-dealkylation sites (tertiary alicyclic amines) is 1. The lowest BCUT2D eigenvalue weighted by Crippen LogP contribution is -2.36. The van der Waals surface area contributed by atoms with Crippen molar-refractivity contribution in [2.75, 3.05) is 19.0 Å². The Morgan fingerprint density at radius 3 is 2.42 bits per heavy atom. The van der Waals surface area contributed by atoms with Gasteiger partial charge in [-0.05, 0) is 37.5 Å². The number of hydrogen-bond acceptors (Lipinski definition) is 3. The lowest BCUT2D eigenvalue weighted by molar-refractivity contribution is 0.319. The van der Waals surface area contributed by atoms with E-state index in [2.05, 4.69) is 10.1 Å². The summed E-state index contributed by atoms with van der Waals surface area (Å²) in [5.41, 5.74) is 2.58. The van der Waals surface area contributed by atoms with Crippen LogP contribution in [0, 0.1) is 0 Å². The number of benzene rings is 2. The summed E-state index contributed by atoms with van der Waals surface area (Å²) in [5, 5.41) is 13.7. The summed E-state index contributed by atoms with van der Waals surface area (Å²) in [6.07, 6.45) is 3.54. The minimum Gasteiger partial charge on any atom is -0.410 e. The van der Waals surface area contributed by atoms with Gasteiger partial charge in [-0.3, -0.25) is 0 Å². The molecule has 6 heteroatoms. The molecule has 2 aromatic rings. The van der Waals surface area contributed by atoms with Crippen LogP contribution in [0.2, 0.25) is 5.02 Å². The second kappa shape index (κ2) is 9.06. The zero-order valence-corrected chi connectivity index (χ0v) is 15.9. The molecule has 2 aromatic carbocycles. The molecule has 1 fully saturated rings. The van der Waals surface area contributed by atoms with E-state index in [1.165, 1.54) is 6.42 Å². The predicted octanol–water partition coefficient (Wildman–Crippen LogP) is 5.32. The third-order valence-corrected chi connectivity index (χ3v) is 4.93. The number of piperidine rings is 1. The first-order valence-corrected chi connectivity index (χ1v) is 9.60. The minimum atomic E-state index is 0.332. The number of amidine groups is 1. The van der Waals surface area contributed by atoms with Crippen LogP contribution in [-0.2, 0) is 0 Å². The third-order valence-electron chi connectivity index (χ3n) is 4.45. The summed E-state index contributed by atoms with van der Waals surface area (Å²) >= 11 is 12.4. The number of hydrogen-bond donors (Lipinski definition) is 1. The van der Waals surface area contributed by atoms with Gasteiger partial charge in [0.2, 0.25) is 0 Å². The van der Waals surface area contributed by atoms with Gasteiger partial charge in [-0.2, -0.15) is 0 Å². The molecule has 0 aromatic heterocycles. The number of nitrogens with zero attached hydrogens (tertiary/aromatic N) is 3. The quantitative estimate of drug-likeness (QED) is 0.253. The highest BCUT2D eigenvalue weighted by Crippen LogP contribution is 2.27. The van der Waals surface area contributed by atoms with Gasteiger partial charge in [-0.25, -0.2) is 4.99 Å². The molecule has 0 spiro atoms. The van der Waals surface area contributed by atoms with Crippen molar-refractivity contribution in [2.24, 2.45) is 10.1 Å². The van der Waals surface area contributed by atoms with E-state index in [9.17, 15) is 5.21 Å². The summed E-state index contributed by atoms with van der Waals surface area (Å²) in [5.74, 6) is 1.17. The Balaban J connectivity index is 2.04. The second-order valence-electron chi connectivity index (χ2n) is 6.19. The fourth-order valence-electron chi connectivity index (χ4n) is 3.13. The van der Waals surface area contributed by atoms with Crippen molar-refractivity contribution in [1.29, 1.82) is 0 Å². The second-order valence-corrected chi connectivity index (χ2v) is 6.89. The van der Waals surface area contributed by atoms with Crippen LogP contribution in [0.15, 0.2) is 58.7 Å². The molecular weight excluding hydrogens is 369 g/mol. The highest BCUT2D eigenvalue weighted by atomic mass is 35.5. The van der Waals surface area contributed by atoms with Crippen molar-refractivity contribution in [2.45, 2.75) is 19.3 Å². The third kappa shape index (κ3) is 4.37. The number of rotatable bonds is 4. The van der Waals surface area contributed by atoms with Crippen molar-refractivity contribution in [3.63, 3.8) is 0 Å². The first-order chi connectivity index (χ1) is 12.7. The highest BCUT2D eigenvalue weighted by Gasteiger charge is 2.17. The van der Waals surface area contributed by atoms with Gasteiger partial charge in [0.1, 0.15) is 11.5 Å². The predicted molar refractivity (Wildman–Crippen MR) is 109 cm³/mol. The van der Waals surface area contributed by atoms with Gasteiger partial charge >= 0.3 is 0 Å². The molecule has 0 unspecified atom stereocenters. The van der Waals surface area contributed by atoms with Gasteiger partial charge < -0.3 is 10.1 Å². The summed E-state index contributed by atoms with van der Waals surface area (Å²) in [7, 11) is 0. The van der Waals surface area contributed by atoms with Crippen LogP contribution in [0.5, 0.6) is 0 Å². The minimum absolute atomic E-state index is 0.332. The van der Waals surface area contributed by atoms with Gasteiger partial charge in [0.15, 0.2) is 0 Å². The van der Waals surface area contributed by atoms with Crippen molar-refractivity contribution in [1.82, 2.24) is 4.90 Å². The van der Waals surface area contributed by atoms with E-state index < -0.39 is 0 Å². The maximum Gasteiger partial charge on any atom is 0.120 e. The van der Waals surface area contributed by atoms with Crippen LogP contribution in [0.1, 0.15) is 30.4 Å². The lowest BCUT2D eigenvalue weighted by atomic mass is 10.0. The number of aliphatic imine (C=N–C) groups is 1. The topological polar surface area (TPSA) is 48.2 Å². The average Bonchev–Trinajstić information content (AvgIpc) is 2.69. The molecule has 1 aliphatic rings. The Hall–Kier alpha value is -2.04. The number of oxime groups is 1. The van der Waals surface area contributed by atoms with Crippen molar-refractivity contribution < 1.29 is 5.21 Å². The molecular formula is C20H21Cl2N3O. The number of alkyl halides is 1. The van der Waals surface area contributed by atoms with Crippen molar-refractivity contribution in [3.05, 3.63) is 64.7 Å². The van der Waals surface area contributed by atoms with Crippen LogP contribution in [-0.4, -0.2) is 40.6 Å². The van der Waals surface area contributed by atoms with Gasteiger partial charge in [0.05, 0.1) is 11.6 Å². The molecule has 4 nitrogen and oxygen atoms in total. The zero-order chi connectivity index (χ0) is 18.4. The molecule has 0 atom stereocenters. The van der Waals surface area contributed by atoms with Crippen molar-refractivity contribution in [3.8, 4) is 0 Å². The summed E-state index contributed by atoms with van der Waals surface area (Å²) in [6.45, 7) is 1.93. The molecule has 1 aliphatic heterocycles. The Morgan fingerprint density at radius 2 is 1.77 bits per heavy atom. The molecule has 1 saturated heterocycles. The molecule has 0 bridgehead atoms. The number of halogens is 2. The molecule has 26 heavy (non-hydrogen) atoms. The van der Waals surface area contributed by atoms with Crippen LogP contribution in [0.25, 0.3) is 0 Å². The summed E-state index contributed by atoms with van der Waals surface area (Å²) in [6, 6.07) is 14.9. The Kier molecular flexibility index (Phi) is 6.53. The van der Waals surface area contributed by atoms with E-state index in [1.54, 1.807) is 12.1 Å². The van der Waals surface area contributed by atoms with E-state index in [4.69, 9.17) is 28.2 Å². The average molecular weight is 390 g/mol. The standard InChI is InChI=1S/C20H21Cl2N3O/c21-14-19(25-11-5-2-6-12-25)23-18-10-9-16(22)13-17(18)20(24-26)15-7-3-1-4-8-15/h1,3-4,7-10,13,26H,2,5-6,11-12,14H2/b23-19?,24-20+. The molecule has 1 heterocycles. The molecule has 0 aliphatic carbocycles. The highest BCUT2D eigenvalue weighted by molar-refractivity contribution is 6.31. The van der Waals surface area contributed by atoms with Gasteiger partial charge in [-0.15, -0.1) is 11.6 Å². The summed E-state index contributed by atoms with van der Waals surface area (Å²) < 4.78 is 0. The molecule has 136 valence electrons. The summed E-state index contributed by atoms with van der Waals surface area (Å²) in [4.78, 5) is 7.03. The fourth-order valence-corrected chi connectivity index (χ4v) is 3.54. The van der Waals surface area contributed by atoms with Crippen LogP contribution < -0.4 is 0 Å². The van der Waals surface area contributed by atoms with E-state index in [1.807, 2.05) is 36.4 Å². The maximum atomic E-state index is 9.65. The van der Waals surface area contributed by atoms with Crippen LogP contribution in [0.4, 0.5) is 5.69 Å². The van der Waals surface area contributed by atoms with E-state index >= 15 is 0 Å². The van der Waals surface area contributed by atoms with Gasteiger partial charge in [0, 0.05) is 29.2 Å². The molecule has 0 amide bonds. The van der Waals surface area contributed by atoms with E-state index in [0.717, 1.165) is 37.3 Å². The first kappa shape index (κ1) is 18.7. The zero-order valence-electron chi connectivity index (χ0n) is 14.4. The fraction of sp³-hybridized carbons (Fsp3) is 0.300. The monoisotopic (exact) mass is 389 g/mol. The molecule has 1 N–H and O–H groups in total. The lowest BCUT2D eigenvalue weighted by Gasteiger charge is -2.29. The van der Waals surface area contributed by atoms with Crippen LogP contribution >= 0.6 is 23.2 Å². The Morgan fingerprint density at radius 1 is 1.04 bits per heavy atom. The van der Waals surface area contributed by atoms with Crippen LogP contribution in [0.3, 0.4) is 0 Å². The normalized spacial score (nSPS) is 16.0. The molecule has 3 rings (SSSR count). The largest absolute Gasteiger partial charge is 0.410 e. The maximum absolute atomic E-state index is 9.65. The van der Waals surface area contributed by atoms with E-state index in [0.29, 0.717) is 27.9 Å². The van der Waals surface area contributed by atoms with Crippen molar-refractivity contribution >= 4 is 40.4 Å². The first-order valence-electron chi connectivity index (χ1n) is 8.69. The smallest absolute Gasteiger partial charge is 0.120 e. The van der Waals surface area contributed by atoms with E-state index in [-0.39, 0.29) is 0 Å². The SMILES string of the molecule is O/N=C(\c1ccccc1)c1cc(Cl)ccc1N=C(CCl)N1CCCCC1. The van der Waals surface area contributed by atoms with Gasteiger partial charge in [-0.1, -0.05) is 47.1 Å². The molecule has 0 radical (unpaired) electrons. The van der Waals surface area contributed by atoms with Gasteiger partial charge in [0.25, 0.3) is 0 Å². The Bertz CT molecular complexity index is 800.